The van der Waals surface area contributed by atoms with Crippen molar-refractivity contribution in [2.75, 3.05) is 0 Å². The van der Waals surface area contributed by atoms with Gasteiger partial charge in [0.25, 0.3) is 5.65 Å². The Morgan fingerprint density at radius 3 is 2.43 bits per heavy atom. The van der Waals surface area contributed by atoms with Gasteiger partial charge in [-0.3, -0.25) is 0 Å². The highest BCUT2D eigenvalue weighted by Gasteiger charge is 2.26. The summed E-state index contributed by atoms with van der Waals surface area (Å²) in [6.07, 6.45) is 0. The fourth-order valence-corrected chi connectivity index (χ4v) is 5.22. The molecule has 7 rings (SSSR count). The van der Waals surface area contributed by atoms with Gasteiger partial charge in [-0.1, -0.05) is 48.5 Å². The van der Waals surface area contributed by atoms with E-state index in [1.54, 1.807) is 0 Å². The lowest BCUT2D eigenvalue weighted by molar-refractivity contribution is -0.617. The summed E-state index contributed by atoms with van der Waals surface area (Å²) in [5.41, 5.74) is 7.89. The van der Waals surface area contributed by atoms with E-state index in [1.165, 1.54) is 38.4 Å². The van der Waals surface area contributed by atoms with Crippen molar-refractivity contribution >= 4 is 60.3 Å². The zero-order valence-corrected chi connectivity index (χ0v) is 16.8. The maximum absolute atomic E-state index is 6.48. The van der Waals surface area contributed by atoms with Crippen LogP contribution in [0.25, 0.3) is 60.3 Å². The SMILES string of the molecule is Cc1cccc2c3ccc4c5ccccc5oc4c3n3c4ccccc4[n+](C)c3c12. The van der Waals surface area contributed by atoms with Crippen molar-refractivity contribution in [1.29, 1.82) is 0 Å². The molecule has 0 unspecified atom stereocenters. The highest BCUT2D eigenvalue weighted by Crippen LogP contribution is 2.39. The van der Waals surface area contributed by atoms with Crippen molar-refractivity contribution in [1.82, 2.24) is 4.40 Å². The van der Waals surface area contributed by atoms with E-state index in [0.717, 1.165) is 27.5 Å². The summed E-state index contributed by atoms with van der Waals surface area (Å²) in [5, 5.41) is 6.09. The Morgan fingerprint density at radius 2 is 1.50 bits per heavy atom. The molecule has 3 heterocycles. The highest BCUT2D eigenvalue weighted by atomic mass is 16.3. The van der Waals surface area contributed by atoms with Crippen molar-refractivity contribution in [3.63, 3.8) is 0 Å². The highest BCUT2D eigenvalue weighted by molar-refractivity contribution is 6.22. The molecule has 142 valence electrons. The number of aryl methyl sites for hydroxylation is 2. The van der Waals surface area contributed by atoms with Crippen molar-refractivity contribution in [3.05, 3.63) is 84.4 Å². The van der Waals surface area contributed by atoms with Crippen LogP contribution in [0.3, 0.4) is 0 Å². The van der Waals surface area contributed by atoms with Crippen molar-refractivity contribution in [3.8, 4) is 0 Å². The predicted octanol–water partition coefficient (Wildman–Crippen LogP) is 6.43. The lowest BCUT2D eigenvalue weighted by Gasteiger charge is -2.07. The molecule has 0 atom stereocenters. The van der Waals surface area contributed by atoms with Crippen LogP contribution in [0.4, 0.5) is 0 Å². The molecule has 0 amide bonds. The van der Waals surface area contributed by atoms with Gasteiger partial charge >= 0.3 is 0 Å². The Hall–Kier alpha value is -3.85. The number of imidazole rings is 1. The number of rotatable bonds is 0. The third-order valence-electron chi connectivity index (χ3n) is 6.54. The summed E-state index contributed by atoms with van der Waals surface area (Å²) >= 11 is 0. The van der Waals surface area contributed by atoms with Crippen LogP contribution in [0.2, 0.25) is 0 Å². The number of nitrogens with zero attached hydrogens (tertiary/aromatic N) is 2. The fourth-order valence-electron chi connectivity index (χ4n) is 5.22. The first-order valence-electron chi connectivity index (χ1n) is 10.3. The second-order valence-electron chi connectivity index (χ2n) is 8.14. The minimum atomic E-state index is 0.929. The van der Waals surface area contributed by atoms with Gasteiger partial charge in [0.1, 0.15) is 5.58 Å². The van der Waals surface area contributed by atoms with Crippen LogP contribution < -0.4 is 4.57 Å². The average Bonchev–Trinajstić information content (AvgIpc) is 3.30. The van der Waals surface area contributed by atoms with Gasteiger partial charge < -0.3 is 4.42 Å². The monoisotopic (exact) mass is 387 g/mol. The maximum Gasteiger partial charge on any atom is 0.295 e. The van der Waals surface area contributed by atoms with Crippen LogP contribution >= 0.6 is 0 Å². The van der Waals surface area contributed by atoms with E-state index in [4.69, 9.17) is 4.42 Å². The zero-order chi connectivity index (χ0) is 20.0. The summed E-state index contributed by atoms with van der Waals surface area (Å²) in [7, 11) is 2.16. The Kier molecular flexibility index (Phi) is 2.88. The quantitative estimate of drug-likeness (QED) is 0.217. The van der Waals surface area contributed by atoms with Crippen molar-refractivity contribution in [2.45, 2.75) is 6.92 Å². The van der Waals surface area contributed by atoms with Gasteiger partial charge in [0.05, 0.1) is 12.4 Å². The summed E-state index contributed by atoms with van der Waals surface area (Å²) in [6.45, 7) is 2.20. The molecule has 0 radical (unpaired) electrons. The number of hydrogen-bond acceptors (Lipinski definition) is 1. The number of benzene rings is 4. The van der Waals surface area contributed by atoms with Crippen LogP contribution in [0.1, 0.15) is 5.56 Å². The van der Waals surface area contributed by atoms with Gasteiger partial charge in [0.2, 0.25) is 0 Å². The topological polar surface area (TPSA) is 21.4 Å². The van der Waals surface area contributed by atoms with Gasteiger partial charge in [0, 0.05) is 21.5 Å². The summed E-state index contributed by atoms with van der Waals surface area (Å²) in [5.74, 6) is 0. The smallest absolute Gasteiger partial charge is 0.295 e. The van der Waals surface area contributed by atoms with Crippen LogP contribution in [0.15, 0.2) is 83.3 Å². The lowest BCUT2D eigenvalue weighted by Crippen LogP contribution is -2.27. The Balaban J connectivity index is 1.94. The minimum absolute atomic E-state index is 0.929. The molecule has 0 aliphatic carbocycles. The molecular weight excluding hydrogens is 368 g/mol. The van der Waals surface area contributed by atoms with Gasteiger partial charge in [-0.05, 0) is 42.8 Å². The maximum atomic E-state index is 6.48. The number of aromatic nitrogens is 2. The van der Waals surface area contributed by atoms with Crippen LogP contribution in [0, 0.1) is 6.92 Å². The number of para-hydroxylation sites is 3. The summed E-state index contributed by atoms with van der Waals surface area (Å²) in [6, 6.07) is 28.0. The molecule has 0 N–H and O–H groups in total. The third-order valence-corrected chi connectivity index (χ3v) is 6.54. The van der Waals surface area contributed by atoms with Gasteiger partial charge in [-0.2, -0.15) is 4.40 Å². The fraction of sp³-hybridized carbons (Fsp3) is 0.0741. The third kappa shape index (κ3) is 1.79. The van der Waals surface area contributed by atoms with E-state index in [0.29, 0.717) is 0 Å². The molecule has 0 saturated carbocycles. The first-order valence-corrected chi connectivity index (χ1v) is 10.3. The van der Waals surface area contributed by atoms with Crippen molar-refractivity contribution < 1.29 is 8.98 Å². The van der Waals surface area contributed by atoms with Gasteiger partial charge in [0.15, 0.2) is 22.1 Å². The van der Waals surface area contributed by atoms with Crippen molar-refractivity contribution in [2.24, 2.45) is 7.05 Å². The largest absolute Gasteiger partial charge is 0.452 e. The molecule has 3 heteroatoms. The van der Waals surface area contributed by atoms with E-state index in [2.05, 4.69) is 95.7 Å². The van der Waals surface area contributed by atoms with E-state index in [1.807, 2.05) is 6.07 Å². The van der Waals surface area contributed by atoms with Crippen LogP contribution in [-0.4, -0.2) is 4.40 Å². The second-order valence-corrected chi connectivity index (χ2v) is 8.14. The lowest BCUT2D eigenvalue weighted by atomic mass is 10.0. The Bertz CT molecular complexity index is 1820. The molecule has 0 spiro atoms. The molecule has 0 fully saturated rings. The molecule has 3 aromatic heterocycles. The summed E-state index contributed by atoms with van der Waals surface area (Å²) in [4.78, 5) is 0. The molecule has 0 saturated heterocycles. The molecule has 30 heavy (non-hydrogen) atoms. The molecule has 0 aliphatic heterocycles. The van der Waals surface area contributed by atoms with Gasteiger partial charge in [-0.15, -0.1) is 0 Å². The summed E-state index contributed by atoms with van der Waals surface area (Å²) < 4.78 is 11.2. The number of fused-ring (bicyclic) bond motifs is 12. The number of pyridine rings is 1. The molecule has 4 aromatic carbocycles. The molecule has 0 bridgehead atoms. The van der Waals surface area contributed by atoms with E-state index in [9.17, 15) is 0 Å². The molecule has 3 nitrogen and oxygen atoms in total. The molecule has 0 aliphatic rings. The van der Waals surface area contributed by atoms with Crippen LogP contribution in [0.5, 0.6) is 0 Å². The Labute approximate surface area is 172 Å². The predicted molar refractivity (Wildman–Crippen MR) is 123 cm³/mol. The number of furan rings is 1. The first kappa shape index (κ1) is 16.0. The van der Waals surface area contributed by atoms with Crippen LogP contribution in [-0.2, 0) is 7.05 Å². The molecule has 7 aromatic rings. The average molecular weight is 387 g/mol. The second kappa shape index (κ2) is 5.39. The van der Waals surface area contributed by atoms with E-state index >= 15 is 0 Å². The number of hydrogen-bond donors (Lipinski definition) is 0. The van der Waals surface area contributed by atoms with Gasteiger partial charge in [-0.25, -0.2) is 4.57 Å². The van der Waals surface area contributed by atoms with E-state index in [-0.39, 0.29) is 0 Å². The molecular formula is C27H19N2O+. The minimum Gasteiger partial charge on any atom is -0.452 e. The van der Waals surface area contributed by atoms with E-state index < -0.39 is 0 Å². The first-order chi connectivity index (χ1) is 14.7. The Morgan fingerprint density at radius 1 is 0.733 bits per heavy atom. The normalized spacial score (nSPS) is 12.3. The zero-order valence-electron chi connectivity index (χ0n) is 16.8. The standard InChI is InChI=1S/C27H19N2O/c1-16-8-7-10-18-19-14-15-20-17-9-3-6-13-23(17)30-26(20)25(19)29-22-12-5-4-11-21(22)28(2)27(29)24(16)18/h3-15H,1-2H3/q+1.